The number of thiophene rings is 1. The molecule has 3 N–H and O–H groups in total. The zero-order valence-electron chi connectivity index (χ0n) is 16.3. The van der Waals surface area contributed by atoms with Crippen LogP contribution in [0.5, 0.6) is 0 Å². The van der Waals surface area contributed by atoms with Crippen molar-refractivity contribution in [1.82, 2.24) is 4.90 Å². The molecule has 1 aromatic heterocycles. The van der Waals surface area contributed by atoms with Gasteiger partial charge < -0.3 is 11.1 Å². The first-order valence-corrected chi connectivity index (χ1v) is 10.4. The largest absolute Gasteiger partial charge is 0.390 e. The molecule has 2 aromatic carbocycles. The van der Waals surface area contributed by atoms with Crippen LogP contribution in [0.15, 0.2) is 54.6 Å². The molecule has 0 unspecified atom stereocenters. The Hall–Kier alpha value is -2.96. The Bertz CT molecular complexity index is 1040. The van der Waals surface area contributed by atoms with E-state index in [4.69, 9.17) is 5.73 Å². The lowest BCUT2D eigenvalue weighted by Crippen LogP contribution is -2.29. The number of benzene rings is 2. The fourth-order valence-electron chi connectivity index (χ4n) is 3.76. The monoisotopic (exact) mass is 405 g/mol. The molecule has 5 nitrogen and oxygen atoms in total. The van der Waals surface area contributed by atoms with Crippen molar-refractivity contribution in [2.45, 2.75) is 26.4 Å². The normalized spacial score (nSPS) is 13.7. The van der Waals surface area contributed by atoms with Gasteiger partial charge in [-0.25, -0.2) is 0 Å². The van der Waals surface area contributed by atoms with E-state index in [1.165, 1.54) is 28.7 Å². The Morgan fingerprint density at radius 2 is 1.83 bits per heavy atom. The van der Waals surface area contributed by atoms with E-state index < -0.39 is 0 Å². The summed E-state index contributed by atoms with van der Waals surface area (Å²) in [5, 5.41) is 3.30. The second kappa shape index (κ2) is 8.19. The zero-order chi connectivity index (χ0) is 20.4. The van der Waals surface area contributed by atoms with Crippen LogP contribution in [0.4, 0.5) is 10.7 Å². The van der Waals surface area contributed by atoms with E-state index in [0.29, 0.717) is 21.8 Å². The summed E-state index contributed by atoms with van der Waals surface area (Å²) in [7, 11) is 0. The van der Waals surface area contributed by atoms with Crippen molar-refractivity contribution >= 4 is 33.7 Å². The molecule has 0 saturated carbocycles. The van der Waals surface area contributed by atoms with Gasteiger partial charge in [0.1, 0.15) is 0 Å². The first kappa shape index (κ1) is 19.4. The van der Waals surface area contributed by atoms with E-state index in [-0.39, 0.29) is 11.7 Å². The number of nitrogens with two attached hydrogens (primary N) is 1. The van der Waals surface area contributed by atoms with Gasteiger partial charge in [0, 0.05) is 42.7 Å². The number of carbonyl (C=O) groups excluding carboxylic acids is 2. The van der Waals surface area contributed by atoms with Crippen LogP contribution in [0.3, 0.4) is 0 Å². The van der Waals surface area contributed by atoms with Crippen LogP contribution in [0.25, 0.3) is 0 Å². The molecule has 2 heterocycles. The standard InChI is InChI=1S/C23H23N3O2S/c1-15(27)25-18-9-7-17(8-10-18)22(28)21-19-11-12-26(14-20(19)29-23(21)24)13-16-5-3-2-4-6-16/h2-10H,11-14,24H2,1H3,(H,25,27). The van der Waals surface area contributed by atoms with Crippen molar-refractivity contribution in [3.63, 3.8) is 0 Å². The predicted octanol–water partition coefficient (Wildman–Crippen LogP) is 4.08. The van der Waals surface area contributed by atoms with E-state index >= 15 is 0 Å². The molecule has 3 aromatic rings. The van der Waals surface area contributed by atoms with E-state index in [0.717, 1.165) is 31.6 Å². The van der Waals surface area contributed by atoms with E-state index in [1.807, 2.05) is 6.07 Å². The van der Waals surface area contributed by atoms with Gasteiger partial charge in [-0.2, -0.15) is 0 Å². The maximum Gasteiger partial charge on any atom is 0.221 e. The highest BCUT2D eigenvalue weighted by atomic mass is 32.1. The summed E-state index contributed by atoms with van der Waals surface area (Å²) in [4.78, 5) is 27.9. The molecule has 0 aliphatic carbocycles. The average molecular weight is 406 g/mol. The van der Waals surface area contributed by atoms with Crippen molar-refractivity contribution in [2.24, 2.45) is 0 Å². The van der Waals surface area contributed by atoms with Gasteiger partial charge in [0.15, 0.2) is 5.78 Å². The maximum absolute atomic E-state index is 13.1. The fraction of sp³-hybridized carbons (Fsp3) is 0.217. The zero-order valence-corrected chi connectivity index (χ0v) is 17.1. The van der Waals surface area contributed by atoms with Crippen LogP contribution >= 0.6 is 11.3 Å². The van der Waals surface area contributed by atoms with Crippen molar-refractivity contribution in [3.05, 3.63) is 81.7 Å². The second-order valence-corrected chi connectivity index (χ2v) is 8.41. The number of anilines is 2. The van der Waals surface area contributed by atoms with Gasteiger partial charge in [0.2, 0.25) is 5.91 Å². The molecule has 1 amide bonds. The molecule has 29 heavy (non-hydrogen) atoms. The molecule has 148 valence electrons. The molecule has 0 bridgehead atoms. The molecule has 0 atom stereocenters. The third-order valence-corrected chi connectivity index (χ3v) is 6.15. The fourth-order valence-corrected chi connectivity index (χ4v) is 4.91. The van der Waals surface area contributed by atoms with E-state index in [9.17, 15) is 9.59 Å². The summed E-state index contributed by atoms with van der Waals surface area (Å²) < 4.78 is 0. The van der Waals surface area contributed by atoms with Crippen LogP contribution in [0.2, 0.25) is 0 Å². The number of nitrogens with zero attached hydrogens (tertiary/aromatic N) is 1. The van der Waals surface area contributed by atoms with E-state index in [2.05, 4.69) is 34.5 Å². The van der Waals surface area contributed by atoms with Crippen LogP contribution in [-0.2, 0) is 24.3 Å². The number of rotatable bonds is 5. The number of hydrogen-bond donors (Lipinski definition) is 2. The molecule has 1 aliphatic heterocycles. The molecule has 1 aliphatic rings. The van der Waals surface area contributed by atoms with Crippen molar-refractivity contribution < 1.29 is 9.59 Å². The Labute approximate surface area is 174 Å². The number of ketones is 1. The molecule has 4 rings (SSSR count). The molecule has 0 saturated heterocycles. The first-order chi connectivity index (χ1) is 14.0. The molecular weight excluding hydrogens is 382 g/mol. The van der Waals surface area contributed by atoms with E-state index in [1.54, 1.807) is 24.3 Å². The minimum atomic E-state index is -0.139. The summed E-state index contributed by atoms with van der Waals surface area (Å²) >= 11 is 1.52. The lowest BCUT2D eigenvalue weighted by atomic mass is 9.96. The highest BCUT2D eigenvalue weighted by Crippen LogP contribution is 2.37. The number of hydrogen-bond acceptors (Lipinski definition) is 5. The first-order valence-electron chi connectivity index (χ1n) is 9.60. The quantitative estimate of drug-likeness (QED) is 0.627. The molecular formula is C23H23N3O2S. The predicted molar refractivity (Wildman–Crippen MR) is 117 cm³/mol. The van der Waals surface area contributed by atoms with Crippen LogP contribution in [0, 0.1) is 0 Å². The minimum absolute atomic E-state index is 0.0501. The topological polar surface area (TPSA) is 75.4 Å². The summed E-state index contributed by atoms with van der Waals surface area (Å²) in [6, 6.07) is 17.4. The highest BCUT2D eigenvalue weighted by molar-refractivity contribution is 7.16. The summed E-state index contributed by atoms with van der Waals surface area (Å²) in [6.45, 7) is 4.07. The molecule has 6 heteroatoms. The molecule has 0 fully saturated rings. The van der Waals surface area contributed by atoms with Crippen molar-refractivity contribution in [2.75, 3.05) is 17.6 Å². The smallest absolute Gasteiger partial charge is 0.221 e. The lowest BCUT2D eigenvalue weighted by molar-refractivity contribution is -0.114. The van der Waals surface area contributed by atoms with Crippen LogP contribution in [0.1, 0.15) is 38.8 Å². The van der Waals surface area contributed by atoms with Crippen molar-refractivity contribution in [1.29, 1.82) is 0 Å². The van der Waals surface area contributed by atoms with Crippen LogP contribution < -0.4 is 11.1 Å². The summed E-state index contributed by atoms with van der Waals surface area (Å²) in [5.74, 6) is -0.189. The van der Waals surface area contributed by atoms with Gasteiger partial charge >= 0.3 is 0 Å². The summed E-state index contributed by atoms with van der Waals surface area (Å²) in [6.07, 6.45) is 0.820. The van der Waals surface area contributed by atoms with Gasteiger partial charge in [0.05, 0.1) is 10.6 Å². The number of carbonyl (C=O) groups is 2. The van der Waals surface area contributed by atoms with Gasteiger partial charge in [0.25, 0.3) is 0 Å². The number of fused-ring (bicyclic) bond motifs is 1. The SMILES string of the molecule is CC(=O)Nc1ccc(C(=O)c2c(N)sc3c2CCN(Cc2ccccc2)C3)cc1. The minimum Gasteiger partial charge on any atom is -0.390 e. The number of nitrogen functional groups attached to an aromatic ring is 1. The van der Waals surface area contributed by atoms with Gasteiger partial charge in [-0.3, -0.25) is 14.5 Å². The van der Waals surface area contributed by atoms with Crippen molar-refractivity contribution in [3.8, 4) is 0 Å². The Kier molecular flexibility index (Phi) is 5.47. The number of amides is 1. The van der Waals surface area contributed by atoms with Crippen LogP contribution in [-0.4, -0.2) is 23.1 Å². The third kappa shape index (κ3) is 4.23. The second-order valence-electron chi connectivity index (χ2n) is 7.28. The number of nitrogens with one attached hydrogen (secondary N) is 1. The van der Waals surface area contributed by atoms with Gasteiger partial charge in [-0.15, -0.1) is 11.3 Å². The summed E-state index contributed by atoms with van der Waals surface area (Å²) in [5.41, 5.74) is 10.6. The Morgan fingerprint density at radius 1 is 1.10 bits per heavy atom. The molecule has 0 spiro atoms. The van der Waals surface area contributed by atoms with Gasteiger partial charge in [-0.1, -0.05) is 30.3 Å². The lowest BCUT2D eigenvalue weighted by Gasteiger charge is -2.27. The Balaban J connectivity index is 1.53. The molecule has 0 radical (unpaired) electrons. The maximum atomic E-state index is 13.1. The van der Waals surface area contributed by atoms with Gasteiger partial charge in [-0.05, 0) is 41.8 Å². The Morgan fingerprint density at radius 3 is 2.52 bits per heavy atom. The average Bonchev–Trinajstić information content (AvgIpc) is 3.03. The third-order valence-electron chi connectivity index (χ3n) is 5.11. The highest BCUT2D eigenvalue weighted by Gasteiger charge is 2.27.